The molecule has 0 atom stereocenters. The summed E-state index contributed by atoms with van der Waals surface area (Å²) in [5.74, 6) is 1.28. The number of hydrogen-bond donors (Lipinski definition) is 0. The van der Waals surface area contributed by atoms with Crippen LogP contribution in [0.15, 0.2) is 12.1 Å². The van der Waals surface area contributed by atoms with E-state index >= 15 is 0 Å². The highest BCUT2D eigenvalue weighted by atomic mass is 35.5. The third kappa shape index (κ3) is 2.54. The van der Waals surface area contributed by atoms with E-state index in [1.54, 1.807) is 18.4 Å². The van der Waals surface area contributed by atoms with Gasteiger partial charge in [-0.15, -0.1) is 11.3 Å². The Morgan fingerprint density at radius 3 is 2.53 bits per heavy atom. The van der Waals surface area contributed by atoms with E-state index in [-0.39, 0.29) is 0 Å². The molecule has 1 aromatic heterocycles. The molecule has 0 saturated heterocycles. The number of benzene rings is 1. The van der Waals surface area contributed by atoms with Gasteiger partial charge in [0, 0.05) is 4.88 Å². The average molecular weight is 289 g/mol. The van der Waals surface area contributed by atoms with Crippen LogP contribution in [-0.4, -0.2) is 7.11 Å². The smallest absolute Gasteiger partial charge is 0.139 e. The predicted molar refractivity (Wildman–Crippen MR) is 76.9 cm³/mol. The molecule has 4 heteroatoms. The van der Waals surface area contributed by atoms with Crippen LogP contribution >= 0.6 is 34.5 Å². The van der Waals surface area contributed by atoms with Crippen LogP contribution in [0.5, 0.6) is 5.75 Å². The maximum Gasteiger partial charge on any atom is 0.139 e. The zero-order valence-corrected chi connectivity index (χ0v) is 12.3. The third-order valence-corrected chi connectivity index (χ3v) is 4.69. The van der Waals surface area contributed by atoms with Gasteiger partial charge in [-0.05, 0) is 29.9 Å². The molecule has 1 heterocycles. The Hall–Kier alpha value is -0.440. The quantitative estimate of drug-likeness (QED) is 0.733. The van der Waals surface area contributed by atoms with Gasteiger partial charge in [0.15, 0.2) is 0 Å². The van der Waals surface area contributed by atoms with Crippen LogP contribution in [0.4, 0.5) is 0 Å². The Balaban J connectivity index is 2.57. The molecule has 0 aliphatic heterocycles. The molecule has 0 amide bonds. The van der Waals surface area contributed by atoms with Crippen LogP contribution in [0.2, 0.25) is 10.0 Å². The van der Waals surface area contributed by atoms with Crippen LogP contribution < -0.4 is 4.74 Å². The van der Waals surface area contributed by atoms with Crippen LogP contribution in [0, 0.1) is 5.92 Å². The van der Waals surface area contributed by atoms with E-state index in [4.69, 9.17) is 27.9 Å². The molecule has 1 aromatic carbocycles. The summed E-state index contributed by atoms with van der Waals surface area (Å²) in [5, 5.41) is 2.21. The SMILES string of the molecule is COc1cc2cc(CC(C)C)sc2c(Cl)c1Cl. The summed E-state index contributed by atoms with van der Waals surface area (Å²) in [6.45, 7) is 4.42. The minimum absolute atomic E-state index is 0.500. The van der Waals surface area contributed by atoms with Crippen molar-refractivity contribution in [2.24, 2.45) is 5.92 Å². The van der Waals surface area contributed by atoms with Gasteiger partial charge >= 0.3 is 0 Å². The van der Waals surface area contributed by atoms with Gasteiger partial charge < -0.3 is 4.74 Å². The fourth-order valence-corrected chi connectivity index (χ4v) is 3.69. The van der Waals surface area contributed by atoms with Crippen LogP contribution in [0.3, 0.4) is 0 Å². The molecule has 2 aromatic rings. The first-order valence-corrected chi connectivity index (χ1v) is 7.04. The number of ether oxygens (including phenoxy) is 1. The molecule has 0 saturated carbocycles. The zero-order valence-electron chi connectivity index (χ0n) is 10.0. The Kier molecular flexibility index (Phi) is 3.86. The van der Waals surface area contributed by atoms with Gasteiger partial charge in [-0.25, -0.2) is 0 Å². The van der Waals surface area contributed by atoms with Crippen LogP contribution in [0.25, 0.3) is 10.1 Å². The van der Waals surface area contributed by atoms with Gasteiger partial charge in [-0.3, -0.25) is 0 Å². The fourth-order valence-electron chi connectivity index (χ4n) is 1.80. The molecular formula is C13H14Cl2OS. The number of rotatable bonds is 3. The maximum atomic E-state index is 6.26. The van der Waals surface area contributed by atoms with Crippen molar-refractivity contribution in [1.82, 2.24) is 0 Å². The molecular weight excluding hydrogens is 275 g/mol. The number of halogens is 2. The minimum Gasteiger partial charge on any atom is -0.495 e. The number of fused-ring (bicyclic) bond motifs is 1. The van der Waals surface area contributed by atoms with Crippen molar-refractivity contribution in [2.75, 3.05) is 7.11 Å². The second kappa shape index (κ2) is 5.05. The summed E-state index contributed by atoms with van der Waals surface area (Å²) in [7, 11) is 1.60. The summed E-state index contributed by atoms with van der Waals surface area (Å²) in [6.07, 6.45) is 1.07. The van der Waals surface area contributed by atoms with Crippen molar-refractivity contribution >= 4 is 44.6 Å². The van der Waals surface area contributed by atoms with Crippen molar-refractivity contribution < 1.29 is 4.74 Å². The summed E-state index contributed by atoms with van der Waals surface area (Å²) >= 11 is 14.1. The molecule has 0 aliphatic rings. The van der Waals surface area contributed by atoms with E-state index in [0.29, 0.717) is 21.7 Å². The molecule has 92 valence electrons. The van der Waals surface area contributed by atoms with Gasteiger partial charge in [0.25, 0.3) is 0 Å². The summed E-state index contributed by atoms with van der Waals surface area (Å²) < 4.78 is 6.26. The van der Waals surface area contributed by atoms with Gasteiger partial charge in [-0.2, -0.15) is 0 Å². The van der Waals surface area contributed by atoms with E-state index < -0.39 is 0 Å². The third-order valence-electron chi connectivity index (χ3n) is 2.54. The van der Waals surface area contributed by atoms with Gasteiger partial charge in [0.05, 0.1) is 16.8 Å². The Morgan fingerprint density at radius 2 is 1.94 bits per heavy atom. The van der Waals surface area contributed by atoms with Crippen molar-refractivity contribution in [2.45, 2.75) is 20.3 Å². The number of hydrogen-bond acceptors (Lipinski definition) is 2. The van der Waals surface area contributed by atoms with Crippen molar-refractivity contribution in [3.8, 4) is 5.75 Å². The van der Waals surface area contributed by atoms with E-state index in [1.165, 1.54) is 4.88 Å². The van der Waals surface area contributed by atoms with Crippen molar-refractivity contribution in [1.29, 1.82) is 0 Å². The zero-order chi connectivity index (χ0) is 12.6. The largest absolute Gasteiger partial charge is 0.495 e. The molecule has 0 radical (unpaired) electrons. The first kappa shape index (κ1) is 13.0. The second-order valence-corrected chi connectivity index (χ2v) is 6.33. The highest BCUT2D eigenvalue weighted by Crippen LogP contribution is 2.42. The minimum atomic E-state index is 0.500. The summed E-state index contributed by atoms with van der Waals surface area (Å²) in [4.78, 5) is 1.33. The van der Waals surface area contributed by atoms with E-state index in [0.717, 1.165) is 16.5 Å². The maximum absolute atomic E-state index is 6.26. The first-order chi connectivity index (χ1) is 8.02. The topological polar surface area (TPSA) is 9.23 Å². The normalized spacial score (nSPS) is 11.4. The molecule has 0 aliphatic carbocycles. The van der Waals surface area contributed by atoms with Gasteiger partial charge in [0.1, 0.15) is 10.8 Å². The lowest BCUT2D eigenvalue weighted by molar-refractivity contribution is 0.415. The van der Waals surface area contributed by atoms with Crippen molar-refractivity contribution in [3.63, 3.8) is 0 Å². The average Bonchev–Trinajstić information content (AvgIpc) is 2.65. The molecule has 0 unspecified atom stereocenters. The van der Waals surface area contributed by atoms with Crippen molar-refractivity contribution in [3.05, 3.63) is 27.1 Å². The molecule has 0 bridgehead atoms. The second-order valence-electron chi connectivity index (χ2n) is 4.44. The van der Waals surface area contributed by atoms with E-state index in [2.05, 4.69) is 19.9 Å². The molecule has 0 N–H and O–H groups in total. The first-order valence-electron chi connectivity index (χ1n) is 5.47. The van der Waals surface area contributed by atoms with Crippen LogP contribution in [0.1, 0.15) is 18.7 Å². The highest BCUT2D eigenvalue weighted by molar-refractivity contribution is 7.19. The lowest BCUT2D eigenvalue weighted by Crippen LogP contribution is -1.89. The van der Waals surface area contributed by atoms with Gasteiger partial charge in [0.2, 0.25) is 0 Å². The highest BCUT2D eigenvalue weighted by Gasteiger charge is 2.14. The Bertz CT molecular complexity index is 546. The number of methoxy groups -OCH3 is 1. The molecule has 2 rings (SSSR count). The molecule has 1 nitrogen and oxygen atoms in total. The monoisotopic (exact) mass is 288 g/mol. The lowest BCUT2D eigenvalue weighted by atomic mass is 10.1. The standard InChI is InChI=1S/C13H14Cl2OS/c1-7(2)4-9-5-8-6-10(16-3)11(14)12(15)13(8)17-9/h5-7H,4H2,1-3H3. The molecule has 0 fully saturated rings. The Labute approximate surface area is 115 Å². The number of thiophene rings is 1. The van der Waals surface area contributed by atoms with Gasteiger partial charge in [-0.1, -0.05) is 37.0 Å². The predicted octanol–water partition coefficient (Wildman–Crippen LogP) is 5.42. The fraction of sp³-hybridized carbons (Fsp3) is 0.385. The van der Waals surface area contributed by atoms with E-state index in [1.807, 2.05) is 6.07 Å². The Morgan fingerprint density at radius 1 is 1.24 bits per heavy atom. The summed E-state index contributed by atoms with van der Waals surface area (Å²) in [6, 6.07) is 4.12. The van der Waals surface area contributed by atoms with Crippen LogP contribution in [-0.2, 0) is 6.42 Å². The van der Waals surface area contributed by atoms with E-state index in [9.17, 15) is 0 Å². The lowest BCUT2D eigenvalue weighted by Gasteiger charge is -2.04. The summed E-state index contributed by atoms with van der Waals surface area (Å²) in [5.41, 5.74) is 0. The molecule has 17 heavy (non-hydrogen) atoms. The molecule has 0 spiro atoms.